The van der Waals surface area contributed by atoms with Crippen LogP contribution in [0.1, 0.15) is 44.5 Å². The molecule has 2 aromatic rings. The van der Waals surface area contributed by atoms with Crippen molar-refractivity contribution in [1.29, 1.82) is 0 Å². The van der Waals surface area contributed by atoms with Crippen LogP contribution in [0.3, 0.4) is 0 Å². The SMILES string of the molecule is CC.CCC.COc1cc2c(nc1Cl)-c1cc(=O)c(C(=O)O)cn1CCO2. The van der Waals surface area contributed by atoms with E-state index in [-0.39, 0.29) is 10.7 Å². The Morgan fingerprint density at radius 3 is 2.56 bits per heavy atom. The maximum atomic E-state index is 11.9. The molecule has 148 valence electrons. The average molecular weight is 397 g/mol. The summed E-state index contributed by atoms with van der Waals surface area (Å²) in [6.45, 7) is 8.93. The molecule has 0 saturated carbocycles. The van der Waals surface area contributed by atoms with Gasteiger partial charge in [0, 0.05) is 18.3 Å². The number of hydrogen-bond acceptors (Lipinski definition) is 5. The van der Waals surface area contributed by atoms with Gasteiger partial charge in [0.1, 0.15) is 17.9 Å². The number of hydrogen-bond donors (Lipinski definition) is 1. The summed E-state index contributed by atoms with van der Waals surface area (Å²) in [6.07, 6.45) is 2.54. The predicted octanol–water partition coefficient (Wildman–Crippen LogP) is 4.11. The average Bonchev–Trinajstić information content (AvgIpc) is 2.81. The van der Waals surface area contributed by atoms with Gasteiger partial charge in [-0.2, -0.15) is 0 Å². The normalized spacial score (nSPS) is 11.2. The topological polar surface area (TPSA) is 90.6 Å². The first-order valence-electron chi connectivity index (χ1n) is 8.78. The van der Waals surface area contributed by atoms with Crippen LogP contribution in [-0.4, -0.2) is 34.3 Å². The van der Waals surface area contributed by atoms with Crippen molar-refractivity contribution in [2.24, 2.45) is 0 Å². The fourth-order valence-corrected chi connectivity index (χ4v) is 2.49. The molecule has 8 heteroatoms. The lowest BCUT2D eigenvalue weighted by Crippen LogP contribution is -2.19. The van der Waals surface area contributed by atoms with E-state index in [0.29, 0.717) is 36.0 Å². The Labute approximate surface area is 163 Å². The number of fused-ring (bicyclic) bond motifs is 3. The van der Waals surface area contributed by atoms with E-state index in [2.05, 4.69) is 18.8 Å². The lowest BCUT2D eigenvalue weighted by molar-refractivity contribution is 0.0694. The molecule has 0 radical (unpaired) electrons. The first kappa shape index (κ1) is 22.5. The fourth-order valence-electron chi connectivity index (χ4n) is 2.27. The molecule has 0 aliphatic carbocycles. The van der Waals surface area contributed by atoms with Gasteiger partial charge in [0.25, 0.3) is 0 Å². The number of pyridine rings is 2. The summed E-state index contributed by atoms with van der Waals surface area (Å²) in [5, 5.41) is 9.18. The Kier molecular flexibility index (Phi) is 8.81. The van der Waals surface area contributed by atoms with Crippen molar-refractivity contribution < 1.29 is 19.4 Å². The molecule has 0 atom stereocenters. The Morgan fingerprint density at radius 2 is 2.00 bits per heavy atom. The van der Waals surface area contributed by atoms with Gasteiger partial charge in [0.2, 0.25) is 0 Å². The van der Waals surface area contributed by atoms with Gasteiger partial charge < -0.3 is 19.1 Å². The summed E-state index contributed by atoms with van der Waals surface area (Å²) in [7, 11) is 1.46. The summed E-state index contributed by atoms with van der Waals surface area (Å²) in [5.74, 6) is -0.486. The first-order chi connectivity index (χ1) is 12.9. The van der Waals surface area contributed by atoms with Crippen molar-refractivity contribution in [3.8, 4) is 22.9 Å². The zero-order chi connectivity index (χ0) is 20.6. The third-order valence-corrected chi connectivity index (χ3v) is 3.59. The van der Waals surface area contributed by atoms with Gasteiger partial charge in [-0.25, -0.2) is 9.78 Å². The zero-order valence-corrected chi connectivity index (χ0v) is 17.0. The molecular formula is C19H25ClN2O5. The fraction of sp³-hybridized carbons (Fsp3) is 0.421. The van der Waals surface area contributed by atoms with Crippen LogP contribution >= 0.6 is 11.6 Å². The van der Waals surface area contributed by atoms with Crippen LogP contribution in [0, 0.1) is 0 Å². The molecular weight excluding hydrogens is 372 g/mol. The van der Waals surface area contributed by atoms with Gasteiger partial charge in [-0.3, -0.25) is 4.79 Å². The predicted molar refractivity (Wildman–Crippen MR) is 105 cm³/mol. The molecule has 0 amide bonds. The van der Waals surface area contributed by atoms with Gasteiger partial charge in [-0.15, -0.1) is 0 Å². The minimum Gasteiger partial charge on any atom is -0.493 e. The van der Waals surface area contributed by atoms with Crippen molar-refractivity contribution in [1.82, 2.24) is 9.55 Å². The molecule has 0 unspecified atom stereocenters. The van der Waals surface area contributed by atoms with E-state index in [1.165, 1.54) is 25.8 Å². The second-order valence-corrected chi connectivity index (χ2v) is 5.68. The molecule has 0 fully saturated rings. The molecule has 2 aromatic heterocycles. The van der Waals surface area contributed by atoms with E-state index in [1.807, 2.05) is 13.8 Å². The molecule has 0 aromatic carbocycles. The number of carbonyl (C=O) groups is 1. The molecule has 7 nitrogen and oxygen atoms in total. The van der Waals surface area contributed by atoms with Gasteiger partial charge in [-0.05, 0) is 0 Å². The van der Waals surface area contributed by atoms with Crippen LogP contribution in [-0.2, 0) is 6.54 Å². The maximum absolute atomic E-state index is 11.9. The van der Waals surface area contributed by atoms with Crippen LogP contribution < -0.4 is 14.9 Å². The second-order valence-electron chi connectivity index (χ2n) is 5.32. The number of carboxylic acids is 1. The van der Waals surface area contributed by atoms with E-state index in [1.54, 1.807) is 10.6 Å². The van der Waals surface area contributed by atoms with Crippen molar-refractivity contribution in [3.05, 3.63) is 39.3 Å². The quantitative estimate of drug-likeness (QED) is 0.768. The molecule has 27 heavy (non-hydrogen) atoms. The van der Waals surface area contributed by atoms with Crippen molar-refractivity contribution >= 4 is 17.6 Å². The van der Waals surface area contributed by atoms with E-state index in [4.69, 9.17) is 26.2 Å². The van der Waals surface area contributed by atoms with E-state index >= 15 is 0 Å². The second kappa shape index (κ2) is 10.6. The smallest absolute Gasteiger partial charge is 0.341 e. The molecule has 3 heterocycles. The van der Waals surface area contributed by atoms with Gasteiger partial charge in [0.05, 0.1) is 19.3 Å². The van der Waals surface area contributed by atoms with Gasteiger partial charge in [0.15, 0.2) is 22.1 Å². The molecule has 3 rings (SSSR count). The molecule has 1 aliphatic heterocycles. The van der Waals surface area contributed by atoms with Crippen molar-refractivity contribution in [2.75, 3.05) is 13.7 Å². The summed E-state index contributed by atoms with van der Waals surface area (Å²) in [6, 6.07) is 2.82. The van der Waals surface area contributed by atoms with E-state index < -0.39 is 11.4 Å². The summed E-state index contributed by atoms with van der Waals surface area (Å²) >= 11 is 6.03. The van der Waals surface area contributed by atoms with Crippen LogP contribution in [0.5, 0.6) is 11.5 Å². The van der Waals surface area contributed by atoms with E-state index in [9.17, 15) is 9.59 Å². The third-order valence-electron chi connectivity index (χ3n) is 3.32. The standard InChI is InChI=1S/C14H11ClN2O5.C3H8.C2H6/c1-21-11-5-10-12(16-13(11)15)8-4-9(18)7(14(19)20)6-17(8)2-3-22-10;1-3-2;1-2/h4-6H,2-3H2,1H3,(H,19,20);3H2,1-2H3;1-2H3. The third kappa shape index (κ3) is 5.23. The Bertz CT molecular complexity index is 849. The Hall–Kier alpha value is -2.54. The molecule has 0 bridgehead atoms. The molecule has 0 saturated heterocycles. The number of carboxylic acid groups (broad SMARTS) is 1. The number of methoxy groups -OCH3 is 1. The Balaban J connectivity index is 0.000000665. The Morgan fingerprint density at radius 1 is 1.37 bits per heavy atom. The number of aromatic carboxylic acids is 1. The van der Waals surface area contributed by atoms with Crippen molar-refractivity contribution in [3.63, 3.8) is 0 Å². The summed E-state index contributed by atoms with van der Waals surface area (Å²) < 4.78 is 12.3. The molecule has 1 N–H and O–H groups in total. The lowest BCUT2D eigenvalue weighted by Gasteiger charge is -2.11. The number of ether oxygens (including phenoxy) is 2. The van der Waals surface area contributed by atoms with Crippen LogP contribution in [0.4, 0.5) is 0 Å². The van der Waals surface area contributed by atoms with E-state index in [0.717, 1.165) is 0 Å². The highest BCUT2D eigenvalue weighted by Crippen LogP contribution is 2.36. The highest BCUT2D eigenvalue weighted by Gasteiger charge is 2.22. The highest BCUT2D eigenvalue weighted by atomic mass is 35.5. The van der Waals surface area contributed by atoms with Crippen LogP contribution in [0.15, 0.2) is 23.1 Å². The van der Waals surface area contributed by atoms with Crippen LogP contribution in [0.2, 0.25) is 5.15 Å². The lowest BCUT2D eigenvalue weighted by atomic mass is 10.1. The number of nitrogens with zero attached hydrogens (tertiary/aromatic N) is 2. The number of aromatic nitrogens is 2. The zero-order valence-electron chi connectivity index (χ0n) is 16.2. The maximum Gasteiger partial charge on any atom is 0.341 e. The first-order valence-corrected chi connectivity index (χ1v) is 9.16. The monoisotopic (exact) mass is 396 g/mol. The summed E-state index contributed by atoms with van der Waals surface area (Å²) in [4.78, 5) is 27.2. The minimum atomic E-state index is -1.27. The van der Waals surface area contributed by atoms with Crippen molar-refractivity contribution in [2.45, 2.75) is 40.7 Å². The van der Waals surface area contributed by atoms with Crippen LogP contribution in [0.25, 0.3) is 11.4 Å². The number of halogens is 1. The van der Waals surface area contributed by atoms with Gasteiger partial charge in [-0.1, -0.05) is 45.7 Å². The highest BCUT2D eigenvalue weighted by molar-refractivity contribution is 6.31. The minimum absolute atomic E-state index is 0.132. The summed E-state index contributed by atoms with van der Waals surface area (Å²) in [5.41, 5.74) is -0.0726. The number of rotatable bonds is 2. The molecule has 0 spiro atoms. The van der Waals surface area contributed by atoms with Gasteiger partial charge >= 0.3 is 5.97 Å². The largest absolute Gasteiger partial charge is 0.493 e. The molecule has 1 aliphatic rings.